The van der Waals surface area contributed by atoms with Crippen LogP contribution in [-0.4, -0.2) is 11.8 Å². The quantitative estimate of drug-likeness (QED) is 0.842. The number of rotatable bonds is 3. The largest absolute Gasteiger partial charge is 0.365 e. The van der Waals surface area contributed by atoms with Crippen molar-refractivity contribution in [2.45, 2.75) is 38.5 Å². The standard InChI is InChI=1S/C17H20N2O2S/c18-15(20)14-11-3-1-2-4-13(11)22-17(14)19-16(21)12-8-9-5-6-10(12)7-9/h5-6,9-10,12H,1-4,7-8H2,(H2,18,20)(H,19,21)/t9-,10-,12-/m0/s1. The number of anilines is 1. The van der Waals surface area contributed by atoms with E-state index in [1.165, 1.54) is 4.88 Å². The number of nitrogens with two attached hydrogens (primary N) is 1. The number of carbonyl (C=O) groups is 2. The molecule has 5 heteroatoms. The molecular weight excluding hydrogens is 296 g/mol. The molecule has 0 spiro atoms. The Kier molecular flexibility index (Phi) is 3.33. The van der Waals surface area contributed by atoms with Gasteiger partial charge >= 0.3 is 0 Å². The van der Waals surface area contributed by atoms with Gasteiger partial charge in [-0.05, 0) is 55.9 Å². The van der Waals surface area contributed by atoms with Crippen LogP contribution in [0, 0.1) is 17.8 Å². The van der Waals surface area contributed by atoms with E-state index >= 15 is 0 Å². The van der Waals surface area contributed by atoms with Crippen LogP contribution in [0.3, 0.4) is 0 Å². The number of aryl methyl sites for hydroxylation is 1. The molecule has 1 fully saturated rings. The SMILES string of the molecule is NC(=O)c1c(NC(=O)[C@H]2C[C@H]3C=C[C@H]2C3)sc2c1CCCC2. The zero-order valence-corrected chi connectivity index (χ0v) is 13.2. The summed E-state index contributed by atoms with van der Waals surface area (Å²) < 4.78 is 0. The van der Waals surface area contributed by atoms with Crippen LogP contribution in [0.4, 0.5) is 5.00 Å². The average Bonchev–Trinajstić information content (AvgIpc) is 3.19. The summed E-state index contributed by atoms with van der Waals surface area (Å²) in [5.74, 6) is 0.625. The monoisotopic (exact) mass is 316 g/mol. The van der Waals surface area contributed by atoms with Crippen LogP contribution in [0.25, 0.3) is 0 Å². The first kappa shape index (κ1) is 14.0. The summed E-state index contributed by atoms with van der Waals surface area (Å²) in [6, 6.07) is 0. The van der Waals surface area contributed by atoms with Crippen molar-refractivity contribution in [2.75, 3.05) is 5.32 Å². The normalized spacial score (nSPS) is 28.6. The number of thiophene rings is 1. The smallest absolute Gasteiger partial charge is 0.251 e. The minimum Gasteiger partial charge on any atom is -0.365 e. The lowest BCUT2D eigenvalue weighted by Gasteiger charge is -2.17. The summed E-state index contributed by atoms with van der Waals surface area (Å²) in [5.41, 5.74) is 7.22. The lowest BCUT2D eigenvalue weighted by Crippen LogP contribution is -2.27. The van der Waals surface area contributed by atoms with Crippen LogP contribution in [0.2, 0.25) is 0 Å². The number of amides is 2. The van der Waals surface area contributed by atoms with E-state index in [1.807, 2.05) is 0 Å². The zero-order valence-electron chi connectivity index (χ0n) is 12.4. The highest BCUT2D eigenvalue weighted by Crippen LogP contribution is 2.44. The molecule has 0 aromatic carbocycles. The molecule has 3 atom stereocenters. The van der Waals surface area contributed by atoms with Crippen LogP contribution in [0.1, 0.15) is 46.5 Å². The number of hydrogen-bond acceptors (Lipinski definition) is 3. The Morgan fingerprint density at radius 3 is 2.68 bits per heavy atom. The summed E-state index contributed by atoms with van der Waals surface area (Å²) in [7, 11) is 0. The first-order valence-electron chi connectivity index (χ1n) is 8.07. The van der Waals surface area contributed by atoms with Crippen molar-refractivity contribution >= 4 is 28.2 Å². The summed E-state index contributed by atoms with van der Waals surface area (Å²) >= 11 is 1.55. The molecule has 0 saturated heterocycles. The van der Waals surface area contributed by atoms with E-state index in [-0.39, 0.29) is 11.8 Å². The molecule has 3 N–H and O–H groups in total. The third-order valence-electron chi connectivity index (χ3n) is 5.27. The third-order valence-corrected chi connectivity index (χ3v) is 6.48. The Hall–Kier alpha value is -1.62. The maximum Gasteiger partial charge on any atom is 0.251 e. The number of fused-ring (bicyclic) bond motifs is 3. The van der Waals surface area contributed by atoms with Crippen molar-refractivity contribution in [3.8, 4) is 0 Å². The second-order valence-electron chi connectivity index (χ2n) is 6.66. The van der Waals surface area contributed by atoms with E-state index in [2.05, 4.69) is 17.5 Å². The molecular formula is C17H20N2O2S. The highest BCUT2D eigenvalue weighted by atomic mass is 32.1. The maximum atomic E-state index is 12.6. The van der Waals surface area contributed by atoms with E-state index in [1.54, 1.807) is 11.3 Å². The molecule has 1 aromatic rings. The van der Waals surface area contributed by atoms with Gasteiger partial charge in [0.15, 0.2) is 0 Å². The van der Waals surface area contributed by atoms with E-state index < -0.39 is 5.91 Å². The van der Waals surface area contributed by atoms with E-state index in [4.69, 9.17) is 5.73 Å². The average molecular weight is 316 g/mol. The molecule has 1 aromatic heterocycles. The minimum absolute atomic E-state index is 0.0508. The van der Waals surface area contributed by atoms with Crippen molar-refractivity contribution in [1.82, 2.24) is 0 Å². The summed E-state index contributed by atoms with van der Waals surface area (Å²) in [4.78, 5) is 25.7. The molecule has 2 amide bonds. The van der Waals surface area contributed by atoms with Gasteiger partial charge in [0.05, 0.1) is 5.56 Å². The first-order valence-corrected chi connectivity index (χ1v) is 8.88. The van der Waals surface area contributed by atoms with Gasteiger partial charge in [-0.15, -0.1) is 11.3 Å². The molecule has 4 nitrogen and oxygen atoms in total. The van der Waals surface area contributed by atoms with Crippen molar-refractivity contribution in [3.63, 3.8) is 0 Å². The Balaban J connectivity index is 1.60. The highest BCUT2D eigenvalue weighted by Gasteiger charge is 2.40. The number of hydrogen-bond donors (Lipinski definition) is 2. The van der Waals surface area contributed by atoms with Crippen molar-refractivity contribution in [2.24, 2.45) is 23.5 Å². The minimum atomic E-state index is -0.414. The summed E-state index contributed by atoms with van der Waals surface area (Å²) in [6.45, 7) is 0. The molecule has 1 heterocycles. The van der Waals surface area contributed by atoms with Crippen molar-refractivity contribution < 1.29 is 9.59 Å². The van der Waals surface area contributed by atoms with E-state index in [0.29, 0.717) is 22.4 Å². The van der Waals surface area contributed by atoms with Gasteiger partial charge in [-0.1, -0.05) is 12.2 Å². The third kappa shape index (κ3) is 2.19. The number of nitrogens with one attached hydrogen (secondary N) is 1. The second-order valence-corrected chi connectivity index (χ2v) is 7.76. The first-order chi connectivity index (χ1) is 10.6. The Morgan fingerprint density at radius 1 is 1.18 bits per heavy atom. The molecule has 116 valence electrons. The molecule has 2 bridgehead atoms. The fourth-order valence-electron chi connectivity index (χ4n) is 4.20. The lowest BCUT2D eigenvalue weighted by molar-refractivity contribution is -0.120. The maximum absolute atomic E-state index is 12.6. The van der Waals surface area contributed by atoms with Gasteiger partial charge in [0, 0.05) is 10.8 Å². The van der Waals surface area contributed by atoms with Crippen LogP contribution in [0.5, 0.6) is 0 Å². The predicted molar refractivity (Wildman–Crippen MR) is 87.0 cm³/mol. The number of primary amides is 1. The fraction of sp³-hybridized carbons (Fsp3) is 0.529. The van der Waals surface area contributed by atoms with Gasteiger partial charge in [-0.25, -0.2) is 0 Å². The van der Waals surface area contributed by atoms with Crippen LogP contribution >= 0.6 is 11.3 Å². The van der Waals surface area contributed by atoms with Crippen molar-refractivity contribution in [1.29, 1.82) is 0 Å². The van der Waals surface area contributed by atoms with Gasteiger partial charge < -0.3 is 11.1 Å². The van der Waals surface area contributed by atoms with Crippen LogP contribution in [-0.2, 0) is 17.6 Å². The van der Waals surface area contributed by atoms with Gasteiger partial charge in [-0.2, -0.15) is 0 Å². The molecule has 3 aliphatic carbocycles. The topological polar surface area (TPSA) is 72.2 Å². The molecule has 0 unspecified atom stereocenters. The summed E-state index contributed by atoms with van der Waals surface area (Å²) in [6.07, 6.45) is 10.6. The van der Waals surface area contributed by atoms with Gasteiger partial charge in [0.1, 0.15) is 5.00 Å². The zero-order chi connectivity index (χ0) is 15.3. The Bertz CT molecular complexity index is 676. The fourth-order valence-corrected chi connectivity index (χ4v) is 5.50. The van der Waals surface area contributed by atoms with Crippen LogP contribution in [0.15, 0.2) is 12.2 Å². The Morgan fingerprint density at radius 2 is 2.00 bits per heavy atom. The molecule has 3 aliphatic rings. The highest BCUT2D eigenvalue weighted by molar-refractivity contribution is 7.17. The summed E-state index contributed by atoms with van der Waals surface area (Å²) in [5, 5.41) is 3.70. The molecule has 1 saturated carbocycles. The molecule has 22 heavy (non-hydrogen) atoms. The van der Waals surface area contributed by atoms with Gasteiger partial charge in [-0.3, -0.25) is 9.59 Å². The molecule has 4 rings (SSSR count). The molecule has 0 aliphatic heterocycles. The van der Waals surface area contributed by atoms with E-state index in [0.717, 1.165) is 44.1 Å². The predicted octanol–water partition coefficient (Wildman–Crippen LogP) is 2.88. The molecule has 0 radical (unpaired) electrons. The number of carbonyl (C=O) groups excluding carboxylic acids is 2. The van der Waals surface area contributed by atoms with Crippen molar-refractivity contribution in [3.05, 3.63) is 28.2 Å². The van der Waals surface area contributed by atoms with E-state index in [9.17, 15) is 9.59 Å². The van der Waals surface area contributed by atoms with Gasteiger partial charge in [0.2, 0.25) is 5.91 Å². The van der Waals surface area contributed by atoms with Gasteiger partial charge in [0.25, 0.3) is 5.91 Å². The van der Waals surface area contributed by atoms with Crippen LogP contribution < -0.4 is 11.1 Å². The number of allylic oxidation sites excluding steroid dienone is 2. The lowest BCUT2D eigenvalue weighted by atomic mass is 9.92. The Labute approximate surface area is 133 Å². The second kappa shape index (κ2) is 5.23.